The molecule has 3 atom stereocenters. The zero-order valence-corrected chi connectivity index (χ0v) is 12.9. The number of hydrogen-bond acceptors (Lipinski definition) is 2. The van der Waals surface area contributed by atoms with Gasteiger partial charge in [0.25, 0.3) is 0 Å². The second kappa shape index (κ2) is 6.68. The summed E-state index contributed by atoms with van der Waals surface area (Å²) in [5.74, 6) is 0.541. The molecule has 0 spiro atoms. The van der Waals surface area contributed by atoms with Gasteiger partial charge in [-0.3, -0.25) is 4.90 Å². The Labute approximate surface area is 122 Å². The molecule has 2 N–H and O–H groups in total. The molecule has 2 nitrogen and oxygen atoms in total. The van der Waals surface area contributed by atoms with Crippen molar-refractivity contribution in [3.8, 4) is 0 Å². The van der Waals surface area contributed by atoms with Crippen molar-refractivity contribution in [2.24, 2.45) is 11.7 Å². The quantitative estimate of drug-likeness (QED) is 0.911. The topological polar surface area (TPSA) is 29.3 Å². The average Bonchev–Trinajstić information content (AvgIpc) is 2.42. The van der Waals surface area contributed by atoms with Crippen molar-refractivity contribution in [1.82, 2.24) is 4.90 Å². The van der Waals surface area contributed by atoms with Crippen LogP contribution in [0.15, 0.2) is 18.2 Å². The van der Waals surface area contributed by atoms with Gasteiger partial charge in [-0.15, -0.1) is 0 Å². The standard InChI is InChI=1S/C17H27FN2/c1-12-6-4-5-7-16(12)20(3)17(11-19)15-9-8-14(18)10-13(15)2/h8-10,12,16-17H,4-7,11,19H2,1-3H3. The van der Waals surface area contributed by atoms with Gasteiger partial charge in [-0.25, -0.2) is 4.39 Å². The first-order valence-electron chi connectivity index (χ1n) is 7.72. The Morgan fingerprint density at radius 2 is 2.05 bits per heavy atom. The summed E-state index contributed by atoms with van der Waals surface area (Å²) in [5.41, 5.74) is 8.19. The lowest BCUT2D eigenvalue weighted by molar-refractivity contribution is 0.0989. The van der Waals surface area contributed by atoms with Crippen LogP contribution in [0.5, 0.6) is 0 Å². The highest BCUT2D eigenvalue weighted by Crippen LogP contribution is 2.33. The van der Waals surface area contributed by atoms with Crippen LogP contribution in [0.25, 0.3) is 0 Å². The predicted octanol–water partition coefficient (Wildman–Crippen LogP) is 3.64. The molecule has 20 heavy (non-hydrogen) atoms. The van der Waals surface area contributed by atoms with Crippen LogP contribution < -0.4 is 5.73 Å². The van der Waals surface area contributed by atoms with Gasteiger partial charge in [-0.05, 0) is 56.0 Å². The SMILES string of the molecule is Cc1cc(F)ccc1C(CN)N(C)C1CCCCC1C. The van der Waals surface area contributed by atoms with Crippen LogP contribution >= 0.6 is 0 Å². The van der Waals surface area contributed by atoms with Gasteiger partial charge in [-0.1, -0.05) is 25.8 Å². The van der Waals surface area contributed by atoms with Gasteiger partial charge in [-0.2, -0.15) is 0 Å². The number of benzene rings is 1. The molecule has 0 saturated heterocycles. The minimum Gasteiger partial charge on any atom is -0.329 e. The molecule has 1 fully saturated rings. The zero-order chi connectivity index (χ0) is 14.7. The number of likely N-dealkylation sites (N-methyl/N-ethyl adjacent to an activating group) is 1. The van der Waals surface area contributed by atoms with Crippen molar-refractivity contribution in [1.29, 1.82) is 0 Å². The van der Waals surface area contributed by atoms with E-state index < -0.39 is 0 Å². The maximum absolute atomic E-state index is 13.3. The van der Waals surface area contributed by atoms with E-state index in [1.165, 1.54) is 25.7 Å². The second-order valence-electron chi connectivity index (χ2n) is 6.25. The van der Waals surface area contributed by atoms with Gasteiger partial charge in [0.2, 0.25) is 0 Å². The highest BCUT2D eigenvalue weighted by Gasteiger charge is 2.30. The summed E-state index contributed by atoms with van der Waals surface area (Å²) < 4.78 is 13.3. The van der Waals surface area contributed by atoms with Crippen LogP contribution in [0.2, 0.25) is 0 Å². The minimum atomic E-state index is -0.171. The Bertz CT molecular complexity index is 447. The van der Waals surface area contributed by atoms with E-state index in [1.54, 1.807) is 12.1 Å². The Kier molecular flexibility index (Phi) is 5.17. The molecule has 0 aliphatic heterocycles. The number of halogens is 1. The molecule has 1 aromatic carbocycles. The average molecular weight is 278 g/mol. The molecule has 1 aliphatic rings. The number of nitrogens with zero attached hydrogens (tertiary/aromatic N) is 1. The monoisotopic (exact) mass is 278 g/mol. The normalized spacial score (nSPS) is 24.9. The van der Waals surface area contributed by atoms with E-state index in [0.29, 0.717) is 18.5 Å². The molecule has 0 bridgehead atoms. The Morgan fingerprint density at radius 1 is 1.35 bits per heavy atom. The third kappa shape index (κ3) is 3.21. The van der Waals surface area contributed by atoms with E-state index in [9.17, 15) is 4.39 Å². The predicted molar refractivity (Wildman–Crippen MR) is 82.1 cm³/mol. The maximum atomic E-state index is 13.3. The van der Waals surface area contributed by atoms with Gasteiger partial charge in [0, 0.05) is 18.6 Å². The molecule has 1 saturated carbocycles. The number of nitrogens with two attached hydrogens (primary N) is 1. The van der Waals surface area contributed by atoms with Crippen molar-refractivity contribution in [2.45, 2.75) is 51.6 Å². The molecule has 0 radical (unpaired) electrons. The maximum Gasteiger partial charge on any atom is 0.123 e. The Balaban J connectivity index is 2.22. The lowest BCUT2D eigenvalue weighted by atomic mass is 9.83. The fraction of sp³-hybridized carbons (Fsp3) is 0.647. The molecule has 3 heteroatoms. The second-order valence-corrected chi connectivity index (χ2v) is 6.25. The molecule has 3 unspecified atom stereocenters. The third-order valence-corrected chi connectivity index (χ3v) is 4.90. The molecular weight excluding hydrogens is 251 g/mol. The Hall–Kier alpha value is -0.930. The summed E-state index contributed by atoms with van der Waals surface area (Å²) in [6, 6.07) is 5.81. The van der Waals surface area contributed by atoms with Gasteiger partial charge < -0.3 is 5.73 Å². The molecular formula is C17H27FN2. The number of aryl methyl sites for hydroxylation is 1. The van der Waals surface area contributed by atoms with Crippen LogP contribution in [-0.4, -0.2) is 24.5 Å². The van der Waals surface area contributed by atoms with Crippen LogP contribution in [0.4, 0.5) is 4.39 Å². The summed E-state index contributed by atoms with van der Waals surface area (Å²) in [6.07, 6.45) is 5.19. The molecule has 1 aromatic rings. The number of rotatable bonds is 4. The summed E-state index contributed by atoms with van der Waals surface area (Å²) >= 11 is 0. The molecule has 0 aromatic heterocycles. The first-order valence-corrected chi connectivity index (χ1v) is 7.72. The fourth-order valence-corrected chi connectivity index (χ4v) is 3.66. The summed E-state index contributed by atoms with van der Waals surface area (Å²) in [5, 5.41) is 0. The van der Waals surface area contributed by atoms with Crippen LogP contribution in [-0.2, 0) is 0 Å². The van der Waals surface area contributed by atoms with Crippen LogP contribution in [0.1, 0.15) is 49.8 Å². The summed E-state index contributed by atoms with van der Waals surface area (Å²) in [6.45, 7) is 4.89. The summed E-state index contributed by atoms with van der Waals surface area (Å²) in [4.78, 5) is 2.42. The highest BCUT2D eigenvalue weighted by molar-refractivity contribution is 5.30. The van der Waals surface area contributed by atoms with Gasteiger partial charge in [0.15, 0.2) is 0 Å². The van der Waals surface area contributed by atoms with Crippen LogP contribution in [0.3, 0.4) is 0 Å². The lowest BCUT2D eigenvalue weighted by Gasteiger charge is -2.41. The third-order valence-electron chi connectivity index (χ3n) is 4.90. The van der Waals surface area contributed by atoms with E-state index in [-0.39, 0.29) is 11.9 Å². The van der Waals surface area contributed by atoms with Crippen molar-refractivity contribution in [2.75, 3.05) is 13.6 Å². The van der Waals surface area contributed by atoms with Gasteiger partial charge >= 0.3 is 0 Å². The molecule has 0 amide bonds. The van der Waals surface area contributed by atoms with E-state index in [0.717, 1.165) is 11.1 Å². The van der Waals surface area contributed by atoms with Crippen molar-refractivity contribution < 1.29 is 4.39 Å². The van der Waals surface area contributed by atoms with E-state index in [4.69, 9.17) is 5.73 Å². The minimum absolute atomic E-state index is 0.171. The molecule has 112 valence electrons. The zero-order valence-electron chi connectivity index (χ0n) is 12.9. The molecule has 2 rings (SSSR count). The highest BCUT2D eigenvalue weighted by atomic mass is 19.1. The molecule has 1 aliphatic carbocycles. The van der Waals surface area contributed by atoms with Gasteiger partial charge in [0.05, 0.1) is 0 Å². The Morgan fingerprint density at radius 3 is 2.65 bits per heavy atom. The molecule has 0 heterocycles. The van der Waals surface area contributed by atoms with Crippen molar-refractivity contribution >= 4 is 0 Å². The summed E-state index contributed by atoms with van der Waals surface area (Å²) in [7, 11) is 2.17. The van der Waals surface area contributed by atoms with E-state index in [1.807, 2.05) is 13.0 Å². The largest absolute Gasteiger partial charge is 0.329 e. The smallest absolute Gasteiger partial charge is 0.123 e. The number of hydrogen-bond donors (Lipinski definition) is 1. The fourth-order valence-electron chi connectivity index (χ4n) is 3.66. The van der Waals surface area contributed by atoms with Gasteiger partial charge in [0.1, 0.15) is 5.82 Å². The lowest BCUT2D eigenvalue weighted by Crippen LogP contribution is -2.43. The van der Waals surface area contributed by atoms with Crippen molar-refractivity contribution in [3.05, 3.63) is 35.1 Å². The van der Waals surface area contributed by atoms with Crippen molar-refractivity contribution in [3.63, 3.8) is 0 Å². The first-order chi connectivity index (χ1) is 9.54. The van der Waals surface area contributed by atoms with Crippen LogP contribution in [0, 0.1) is 18.7 Å². The van der Waals surface area contributed by atoms with E-state index in [2.05, 4.69) is 18.9 Å². The van der Waals surface area contributed by atoms with E-state index >= 15 is 0 Å². The first kappa shape index (κ1) is 15.5.